The number of nitrogens with two attached hydrogens (primary N) is 1. The van der Waals surface area contributed by atoms with Gasteiger partial charge in [-0.2, -0.15) is 0 Å². The lowest BCUT2D eigenvalue weighted by Gasteiger charge is -2.23. The van der Waals surface area contributed by atoms with Gasteiger partial charge in [-0.3, -0.25) is 0 Å². The average Bonchev–Trinajstić information content (AvgIpc) is 2.66. The quantitative estimate of drug-likeness (QED) is 0.579. The molecule has 0 saturated carbocycles. The molecule has 0 spiro atoms. The van der Waals surface area contributed by atoms with E-state index in [0.29, 0.717) is 36.3 Å². The summed E-state index contributed by atoms with van der Waals surface area (Å²) in [5.41, 5.74) is 8.11. The van der Waals surface area contributed by atoms with E-state index >= 15 is 0 Å². The third kappa shape index (κ3) is 5.78. The number of rotatable bonds is 10. The molecule has 2 aromatic carbocycles. The van der Waals surface area contributed by atoms with Gasteiger partial charge in [-0.05, 0) is 60.2 Å². The Labute approximate surface area is 167 Å². The lowest BCUT2D eigenvalue weighted by atomic mass is 9.82. The van der Waals surface area contributed by atoms with E-state index in [2.05, 4.69) is 32.9 Å². The van der Waals surface area contributed by atoms with Crippen LogP contribution in [0.5, 0.6) is 17.2 Å². The highest BCUT2D eigenvalue weighted by atomic mass is 35.5. The molecule has 0 saturated heterocycles. The van der Waals surface area contributed by atoms with E-state index in [1.807, 2.05) is 24.3 Å². The number of ether oxygens (including phenoxy) is 3. The van der Waals surface area contributed by atoms with Crippen LogP contribution in [0.3, 0.4) is 0 Å². The van der Waals surface area contributed by atoms with Crippen LogP contribution >= 0.6 is 11.6 Å². The Bertz CT molecular complexity index is 729. The maximum atomic E-state index is 6.33. The van der Waals surface area contributed by atoms with Crippen molar-refractivity contribution >= 4 is 11.6 Å². The molecule has 0 fully saturated rings. The van der Waals surface area contributed by atoms with Crippen molar-refractivity contribution in [2.45, 2.75) is 39.0 Å². The number of halogens is 1. The molecule has 0 aromatic heterocycles. The first kappa shape index (κ1) is 21.4. The van der Waals surface area contributed by atoms with Crippen LogP contribution in [-0.4, -0.2) is 26.9 Å². The van der Waals surface area contributed by atoms with Crippen LogP contribution < -0.4 is 19.9 Å². The van der Waals surface area contributed by atoms with Crippen molar-refractivity contribution in [3.63, 3.8) is 0 Å². The van der Waals surface area contributed by atoms with Crippen LogP contribution in [0.15, 0.2) is 36.4 Å². The van der Waals surface area contributed by atoms with Gasteiger partial charge in [0.2, 0.25) is 0 Å². The fraction of sp³-hybridized carbons (Fsp3) is 0.455. The number of methoxy groups -OCH3 is 1. The largest absolute Gasteiger partial charge is 0.493 e. The molecule has 2 aromatic rings. The van der Waals surface area contributed by atoms with E-state index in [4.69, 9.17) is 31.5 Å². The minimum Gasteiger partial charge on any atom is -0.493 e. The fourth-order valence-corrected chi connectivity index (χ4v) is 3.02. The van der Waals surface area contributed by atoms with Crippen LogP contribution in [0.2, 0.25) is 5.02 Å². The van der Waals surface area contributed by atoms with Gasteiger partial charge in [0, 0.05) is 0 Å². The molecule has 0 aliphatic heterocycles. The summed E-state index contributed by atoms with van der Waals surface area (Å²) in [7, 11) is 1.60. The van der Waals surface area contributed by atoms with Crippen LogP contribution in [0, 0.1) is 0 Å². The Hall–Kier alpha value is -1.91. The van der Waals surface area contributed by atoms with Crippen molar-refractivity contribution in [2.75, 3.05) is 26.9 Å². The smallest absolute Gasteiger partial charge is 0.179 e. The molecular formula is C22H30ClNO3. The second-order valence-corrected chi connectivity index (χ2v) is 7.51. The molecule has 5 heteroatoms. The summed E-state index contributed by atoms with van der Waals surface area (Å²) in [4.78, 5) is 0. The summed E-state index contributed by atoms with van der Waals surface area (Å²) in [6.45, 7) is 8.03. The first-order chi connectivity index (χ1) is 12.9. The zero-order chi connectivity index (χ0) is 19.9. The molecule has 148 valence electrons. The maximum absolute atomic E-state index is 6.33. The summed E-state index contributed by atoms with van der Waals surface area (Å²) >= 11 is 6.33. The lowest BCUT2D eigenvalue weighted by molar-refractivity contribution is 0.211. The van der Waals surface area contributed by atoms with Gasteiger partial charge in [0.05, 0.1) is 12.1 Å². The van der Waals surface area contributed by atoms with E-state index in [-0.39, 0.29) is 5.41 Å². The van der Waals surface area contributed by atoms with Gasteiger partial charge in [-0.1, -0.05) is 44.5 Å². The van der Waals surface area contributed by atoms with Crippen molar-refractivity contribution in [2.24, 2.45) is 5.73 Å². The molecule has 2 N–H and O–H groups in total. The zero-order valence-corrected chi connectivity index (χ0v) is 17.4. The van der Waals surface area contributed by atoms with Gasteiger partial charge in [-0.15, -0.1) is 0 Å². The molecule has 27 heavy (non-hydrogen) atoms. The topological polar surface area (TPSA) is 53.7 Å². The molecule has 0 amide bonds. The van der Waals surface area contributed by atoms with Crippen LogP contribution in [0.1, 0.15) is 38.3 Å². The summed E-state index contributed by atoms with van der Waals surface area (Å²) in [6, 6.07) is 12.0. The average molecular weight is 392 g/mol. The Morgan fingerprint density at radius 1 is 1.04 bits per heavy atom. The zero-order valence-electron chi connectivity index (χ0n) is 16.7. The first-order valence-electron chi connectivity index (χ1n) is 9.34. The monoisotopic (exact) mass is 391 g/mol. The van der Waals surface area contributed by atoms with Crippen LogP contribution in [-0.2, 0) is 11.8 Å². The Kier molecular flexibility index (Phi) is 7.81. The molecule has 2 rings (SSSR count). The number of hydrogen-bond donors (Lipinski definition) is 1. The van der Waals surface area contributed by atoms with Crippen molar-refractivity contribution in [3.8, 4) is 17.2 Å². The van der Waals surface area contributed by atoms with E-state index in [1.165, 1.54) is 5.56 Å². The number of hydrogen-bond acceptors (Lipinski definition) is 4. The summed E-state index contributed by atoms with van der Waals surface area (Å²) in [6.07, 6.45) is 1.83. The van der Waals surface area contributed by atoms with E-state index < -0.39 is 0 Å². The summed E-state index contributed by atoms with van der Waals surface area (Å²) in [5.74, 6) is 1.96. The molecular weight excluding hydrogens is 362 g/mol. The standard InChI is InChI=1S/C22H30ClNO3/c1-5-22(2,3)17-6-8-18(9-7-17)26-12-13-27-21-19(23)14-16(10-11-24)15-20(21)25-4/h6-9,14-15H,5,10-13,24H2,1-4H3. The predicted octanol–water partition coefficient (Wildman–Crippen LogP) is 5.00. The SMILES string of the molecule is CCC(C)(C)c1ccc(OCCOc2c(Cl)cc(CCN)cc2OC)cc1. The summed E-state index contributed by atoms with van der Waals surface area (Å²) < 4.78 is 17.0. The Morgan fingerprint density at radius 3 is 2.30 bits per heavy atom. The normalized spacial score (nSPS) is 11.3. The highest BCUT2D eigenvalue weighted by Gasteiger charge is 2.17. The maximum Gasteiger partial charge on any atom is 0.179 e. The highest BCUT2D eigenvalue weighted by molar-refractivity contribution is 6.32. The Morgan fingerprint density at radius 2 is 1.70 bits per heavy atom. The summed E-state index contributed by atoms with van der Waals surface area (Å²) in [5, 5.41) is 0.518. The van der Waals surface area contributed by atoms with E-state index in [0.717, 1.165) is 24.2 Å². The van der Waals surface area contributed by atoms with Gasteiger partial charge in [0.25, 0.3) is 0 Å². The molecule has 0 aliphatic carbocycles. The molecule has 0 heterocycles. The molecule has 0 bridgehead atoms. The predicted molar refractivity (Wildman–Crippen MR) is 112 cm³/mol. The third-order valence-electron chi connectivity index (χ3n) is 4.84. The van der Waals surface area contributed by atoms with Gasteiger partial charge in [0.1, 0.15) is 19.0 Å². The van der Waals surface area contributed by atoms with Crippen LogP contribution in [0.25, 0.3) is 0 Å². The van der Waals surface area contributed by atoms with Crippen molar-refractivity contribution < 1.29 is 14.2 Å². The second kappa shape index (κ2) is 9.86. The first-order valence-corrected chi connectivity index (χ1v) is 9.71. The molecule has 0 atom stereocenters. The minimum atomic E-state index is 0.172. The van der Waals surface area contributed by atoms with Gasteiger partial charge in [0.15, 0.2) is 11.5 Å². The van der Waals surface area contributed by atoms with Crippen molar-refractivity contribution in [1.82, 2.24) is 0 Å². The molecule has 0 unspecified atom stereocenters. The second-order valence-electron chi connectivity index (χ2n) is 7.11. The molecule has 4 nitrogen and oxygen atoms in total. The van der Waals surface area contributed by atoms with Gasteiger partial charge < -0.3 is 19.9 Å². The van der Waals surface area contributed by atoms with Crippen molar-refractivity contribution in [3.05, 3.63) is 52.5 Å². The lowest BCUT2D eigenvalue weighted by Crippen LogP contribution is -2.15. The highest BCUT2D eigenvalue weighted by Crippen LogP contribution is 2.36. The van der Waals surface area contributed by atoms with E-state index in [9.17, 15) is 0 Å². The molecule has 0 aliphatic rings. The number of benzene rings is 2. The van der Waals surface area contributed by atoms with Gasteiger partial charge >= 0.3 is 0 Å². The molecule has 0 radical (unpaired) electrons. The Balaban J connectivity index is 1.91. The minimum absolute atomic E-state index is 0.172. The van der Waals surface area contributed by atoms with Crippen LogP contribution in [0.4, 0.5) is 0 Å². The third-order valence-corrected chi connectivity index (χ3v) is 5.12. The van der Waals surface area contributed by atoms with Gasteiger partial charge in [-0.25, -0.2) is 0 Å². The fourth-order valence-electron chi connectivity index (χ4n) is 2.73. The van der Waals surface area contributed by atoms with E-state index in [1.54, 1.807) is 7.11 Å². The van der Waals surface area contributed by atoms with Crippen molar-refractivity contribution in [1.29, 1.82) is 0 Å².